The molecule has 0 bridgehead atoms. The Hall–Kier alpha value is -2.62. The number of nitrogens with one attached hydrogen (secondary N) is 1. The van der Waals surface area contributed by atoms with Gasteiger partial charge in [-0.2, -0.15) is 0 Å². The van der Waals surface area contributed by atoms with E-state index in [1.807, 2.05) is 18.2 Å². The molecule has 0 saturated carbocycles. The van der Waals surface area contributed by atoms with Crippen LogP contribution in [0.4, 0.5) is 11.5 Å². The Labute approximate surface area is 123 Å². The first-order valence-electron chi connectivity index (χ1n) is 6.88. The van der Waals surface area contributed by atoms with Crippen LogP contribution in [0, 0.1) is 20.8 Å². The van der Waals surface area contributed by atoms with Crippen molar-refractivity contribution in [3.63, 3.8) is 0 Å². The Morgan fingerprint density at radius 1 is 1.05 bits per heavy atom. The molecular formula is C17H17N3O. The van der Waals surface area contributed by atoms with Crippen LogP contribution in [0.25, 0.3) is 5.65 Å². The van der Waals surface area contributed by atoms with Crippen molar-refractivity contribution in [3.05, 3.63) is 69.6 Å². The number of anilines is 2. The Kier molecular flexibility index (Phi) is 3.22. The zero-order valence-corrected chi connectivity index (χ0v) is 12.3. The van der Waals surface area contributed by atoms with Crippen molar-refractivity contribution in [3.8, 4) is 0 Å². The second kappa shape index (κ2) is 5.05. The maximum atomic E-state index is 12.1. The molecule has 1 N–H and O–H groups in total. The molecule has 0 fully saturated rings. The summed E-state index contributed by atoms with van der Waals surface area (Å²) in [6.07, 6.45) is 1.72. The lowest BCUT2D eigenvalue weighted by molar-refractivity contribution is 1.05. The van der Waals surface area contributed by atoms with Crippen LogP contribution in [-0.4, -0.2) is 9.38 Å². The molecule has 3 rings (SSSR count). The quantitative estimate of drug-likeness (QED) is 0.782. The summed E-state index contributed by atoms with van der Waals surface area (Å²) in [5.74, 6) is 0.571. The molecule has 0 aliphatic rings. The summed E-state index contributed by atoms with van der Waals surface area (Å²) in [5, 5.41) is 3.28. The summed E-state index contributed by atoms with van der Waals surface area (Å²) < 4.78 is 1.53. The molecule has 3 aromatic rings. The van der Waals surface area contributed by atoms with Gasteiger partial charge in [0.1, 0.15) is 11.5 Å². The average Bonchev–Trinajstić information content (AvgIpc) is 2.43. The molecule has 1 aromatic carbocycles. The van der Waals surface area contributed by atoms with Gasteiger partial charge in [-0.1, -0.05) is 23.8 Å². The van der Waals surface area contributed by atoms with Crippen LogP contribution in [-0.2, 0) is 0 Å². The smallest absolute Gasteiger partial charge is 0.259 e. The standard InChI is InChI=1S/C17H17N3O/c1-11-8-12(2)17(13(3)9-11)19-14-10-16(21)20-7-5-4-6-15(20)18-14/h4-10,19H,1-3H3. The highest BCUT2D eigenvalue weighted by atomic mass is 16.1. The van der Waals surface area contributed by atoms with E-state index in [9.17, 15) is 4.79 Å². The summed E-state index contributed by atoms with van der Waals surface area (Å²) in [7, 11) is 0. The number of aryl methyl sites for hydroxylation is 3. The lowest BCUT2D eigenvalue weighted by Gasteiger charge is -2.13. The van der Waals surface area contributed by atoms with Gasteiger partial charge in [0.2, 0.25) is 0 Å². The molecule has 0 aliphatic heterocycles. The summed E-state index contributed by atoms with van der Waals surface area (Å²) in [5.41, 5.74) is 5.06. The molecule has 4 heteroatoms. The number of fused-ring (bicyclic) bond motifs is 1. The highest BCUT2D eigenvalue weighted by Gasteiger charge is 2.07. The van der Waals surface area contributed by atoms with Crippen molar-refractivity contribution in [2.75, 3.05) is 5.32 Å². The van der Waals surface area contributed by atoms with E-state index in [2.05, 4.69) is 43.2 Å². The van der Waals surface area contributed by atoms with E-state index in [-0.39, 0.29) is 5.56 Å². The van der Waals surface area contributed by atoms with Gasteiger partial charge in [-0.3, -0.25) is 9.20 Å². The van der Waals surface area contributed by atoms with Crippen LogP contribution >= 0.6 is 0 Å². The molecule has 2 heterocycles. The summed E-state index contributed by atoms with van der Waals surface area (Å²) in [6, 6.07) is 11.3. The van der Waals surface area contributed by atoms with Crippen molar-refractivity contribution in [1.29, 1.82) is 0 Å². The third kappa shape index (κ3) is 2.52. The lowest BCUT2D eigenvalue weighted by Crippen LogP contribution is -2.14. The largest absolute Gasteiger partial charge is 0.340 e. The minimum Gasteiger partial charge on any atom is -0.340 e. The van der Waals surface area contributed by atoms with E-state index >= 15 is 0 Å². The first kappa shape index (κ1) is 13.4. The third-order valence-corrected chi connectivity index (χ3v) is 3.50. The fourth-order valence-corrected chi connectivity index (χ4v) is 2.62. The number of aromatic nitrogens is 2. The lowest BCUT2D eigenvalue weighted by atomic mass is 10.1. The Balaban J connectivity index is 2.09. The number of hydrogen-bond acceptors (Lipinski definition) is 3. The summed E-state index contributed by atoms with van der Waals surface area (Å²) >= 11 is 0. The van der Waals surface area contributed by atoms with Gasteiger partial charge in [-0.25, -0.2) is 4.98 Å². The predicted octanol–water partition coefficient (Wildman–Crippen LogP) is 3.36. The molecule has 0 atom stereocenters. The molecule has 0 saturated heterocycles. The molecule has 106 valence electrons. The Morgan fingerprint density at radius 3 is 2.48 bits per heavy atom. The van der Waals surface area contributed by atoms with E-state index in [4.69, 9.17) is 0 Å². The van der Waals surface area contributed by atoms with Gasteiger partial charge in [0.25, 0.3) is 5.56 Å². The van der Waals surface area contributed by atoms with Crippen LogP contribution in [0.5, 0.6) is 0 Å². The average molecular weight is 279 g/mol. The van der Waals surface area contributed by atoms with Gasteiger partial charge < -0.3 is 5.32 Å². The number of hydrogen-bond donors (Lipinski definition) is 1. The molecule has 2 aromatic heterocycles. The maximum absolute atomic E-state index is 12.1. The molecule has 0 radical (unpaired) electrons. The molecule has 21 heavy (non-hydrogen) atoms. The van der Waals surface area contributed by atoms with Gasteiger partial charge in [-0.05, 0) is 44.0 Å². The molecule has 0 aliphatic carbocycles. The van der Waals surface area contributed by atoms with E-state index in [1.54, 1.807) is 6.20 Å². The van der Waals surface area contributed by atoms with Crippen LogP contribution < -0.4 is 10.9 Å². The highest BCUT2D eigenvalue weighted by molar-refractivity contribution is 5.66. The zero-order chi connectivity index (χ0) is 15.0. The minimum atomic E-state index is -0.0921. The van der Waals surface area contributed by atoms with Crippen LogP contribution in [0.2, 0.25) is 0 Å². The summed E-state index contributed by atoms with van der Waals surface area (Å²) in [4.78, 5) is 16.6. The number of nitrogens with zero attached hydrogens (tertiary/aromatic N) is 2. The van der Waals surface area contributed by atoms with E-state index in [1.165, 1.54) is 16.0 Å². The van der Waals surface area contributed by atoms with Crippen molar-refractivity contribution in [2.24, 2.45) is 0 Å². The number of rotatable bonds is 2. The van der Waals surface area contributed by atoms with Crippen molar-refractivity contribution in [2.45, 2.75) is 20.8 Å². The fourth-order valence-electron chi connectivity index (χ4n) is 2.62. The first-order valence-corrected chi connectivity index (χ1v) is 6.88. The maximum Gasteiger partial charge on any atom is 0.259 e. The molecule has 0 spiro atoms. The Bertz CT molecular complexity index is 858. The predicted molar refractivity (Wildman–Crippen MR) is 85.4 cm³/mol. The first-order chi connectivity index (χ1) is 10.0. The number of benzene rings is 1. The normalized spacial score (nSPS) is 10.8. The van der Waals surface area contributed by atoms with Gasteiger partial charge in [0.05, 0.1) is 0 Å². The van der Waals surface area contributed by atoms with Gasteiger partial charge >= 0.3 is 0 Å². The van der Waals surface area contributed by atoms with Gasteiger partial charge in [0, 0.05) is 18.0 Å². The van der Waals surface area contributed by atoms with Crippen LogP contribution in [0.15, 0.2) is 47.4 Å². The summed E-state index contributed by atoms with van der Waals surface area (Å²) in [6.45, 7) is 6.18. The second-order valence-corrected chi connectivity index (χ2v) is 5.31. The minimum absolute atomic E-state index is 0.0921. The van der Waals surface area contributed by atoms with E-state index < -0.39 is 0 Å². The van der Waals surface area contributed by atoms with Gasteiger partial charge in [0.15, 0.2) is 0 Å². The van der Waals surface area contributed by atoms with Crippen molar-refractivity contribution in [1.82, 2.24) is 9.38 Å². The highest BCUT2D eigenvalue weighted by Crippen LogP contribution is 2.24. The fraction of sp³-hybridized carbons (Fsp3) is 0.176. The van der Waals surface area contributed by atoms with E-state index in [0.717, 1.165) is 16.8 Å². The zero-order valence-electron chi connectivity index (χ0n) is 12.3. The second-order valence-electron chi connectivity index (χ2n) is 5.31. The topological polar surface area (TPSA) is 46.4 Å². The molecule has 0 unspecified atom stereocenters. The molecule has 4 nitrogen and oxygen atoms in total. The SMILES string of the molecule is Cc1cc(C)c(Nc2cc(=O)n3ccccc3n2)c(C)c1. The van der Waals surface area contributed by atoms with E-state index in [0.29, 0.717) is 11.5 Å². The molecule has 0 amide bonds. The van der Waals surface area contributed by atoms with Crippen LogP contribution in [0.1, 0.15) is 16.7 Å². The monoisotopic (exact) mass is 279 g/mol. The van der Waals surface area contributed by atoms with Crippen molar-refractivity contribution < 1.29 is 0 Å². The van der Waals surface area contributed by atoms with Crippen molar-refractivity contribution >= 4 is 17.2 Å². The van der Waals surface area contributed by atoms with Gasteiger partial charge in [-0.15, -0.1) is 0 Å². The Morgan fingerprint density at radius 2 is 1.76 bits per heavy atom. The number of pyridine rings is 1. The third-order valence-electron chi connectivity index (χ3n) is 3.50. The van der Waals surface area contributed by atoms with Crippen LogP contribution in [0.3, 0.4) is 0 Å². The molecular weight excluding hydrogens is 262 g/mol.